The quantitative estimate of drug-likeness (QED) is 0.680. The molecular weight excluding hydrogens is 218 g/mol. The second-order valence-corrected chi connectivity index (χ2v) is 4.45. The summed E-state index contributed by atoms with van der Waals surface area (Å²) in [4.78, 5) is 25.2. The van der Waals surface area contributed by atoms with Crippen molar-refractivity contribution >= 4 is 11.7 Å². The Morgan fingerprint density at radius 3 is 2.94 bits per heavy atom. The van der Waals surface area contributed by atoms with E-state index in [1.807, 2.05) is 18.2 Å². The van der Waals surface area contributed by atoms with Crippen molar-refractivity contribution in [2.75, 3.05) is 13.7 Å². The molecule has 1 amide bonds. The Hall–Kier alpha value is -1.84. The number of rotatable bonds is 1. The minimum absolute atomic E-state index is 0.0149. The van der Waals surface area contributed by atoms with Crippen LogP contribution in [-0.4, -0.2) is 30.2 Å². The SMILES string of the molecule is COc1ccc2c(c1)CCN1C(=O)CC(=O)C21. The van der Waals surface area contributed by atoms with Gasteiger partial charge in [0.1, 0.15) is 11.8 Å². The summed E-state index contributed by atoms with van der Waals surface area (Å²) in [7, 11) is 1.63. The van der Waals surface area contributed by atoms with Crippen LogP contribution in [0.25, 0.3) is 0 Å². The molecule has 4 heteroatoms. The highest BCUT2D eigenvalue weighted by Gasteiger charge is 2.42. The molecule has 0 spiro atoms. The Labute approximate surface area is 99.2 Å². The summed E-state index contributed by atoms with van der Waals surface area (Å²) >= 11 is 0. The lowest BCUT2D eigenvalue weighted by molar-refractivity contribution is -0.129. The summed E-state index contributed by atoms with van der Waals surface area (Å²) < 4.78 is 5.17. The summed E-state index contributed by atoms with van der Waals surface area (Å²) in [5, 5.41) is 0. The number of methoxy groups -OCH3 is 1. The molecule has 17 heavy (non-hydrogen) atoms. The van der Waals surface area contributed by atoms with Crippen LogP contribution < -0.4 is 4.74 Å². The van der Waals surface area contributed by atoms with Gasteiger partial charge in [-0.25, -0.2) is 0 Å². The van der Waals surface area contributed by atoms with Crippen molar-refractivity contribution in [1.82, 2.24) is 4.90 Å². The van der Waals surface area contributed by atoms with E-state index >= 15 is 0 Å². The third-order valence-electron chi connectivity index (χ3n) is 3.53. The molecule has 0 saturated carbocycles. The van der Waals surface area contributed by atoms with Gasteiger partial charge in [-0.15, -0.1) is 0 Å². The van der Waals surface area contributed by atoms with Gasteiger partial charge >= 0.3 is 0 Å². The number of fused-ring (bicyclic) bond motifs is 3. The molecule has 3 rings (SSSR count). The Kier molecular flexibility index (Phi) is 2.18. The Morgan fingerprint density at radius 2 is 2.18 bits per heavy atom. The predicted molar refractivity (Wildman–Crippen MR) is 60.8 cm³/mol. The van der Waals surface area contributed by atoms with Crippen LogP contribution in [-0.2, 0) is 16.0 Å². The van der Waals surface area contributed by atoms with Crippen LogP contribution in [0.5, 0.6) is 5.75 Å². The van der Waals surface area contributed by atoms with Crippen molar-refractivity contribution in [2.45, 2.75) is 18.9 Å². The van der Waals surface area contributed by atoms with Gasteiger partial charge in [0.05, 0.1) is 13.5 Å². The number of nitrogens with zero attached hydrogens (tertiary/aromatic N) is 1. The van der Waals surface area contributed by atoms with Gasteiger partial charge in [0.15, 0.2) is 5.78 Å². The molecule has 1 unspecified atom stereocenters. The normalized spacial score (nSPS) is 22.4. The van der Waals surface area contributed by atoms with E-state index in [2.05, 4.69) is 0 Å². The lowest BCUT2D eigenvalue weighted by Gasteiger charge is -2.30. The molecule has 2 heterocycles. The summed E-state index contributed by atoms with van der Waals surface area (Å²) in [5.74, 6) is 0.775. The van der Waals surface area contributed by atoms with E-state index in [0.717, 1.165) is 23.3 Å². The van der Waals surface area contributed by atoms with Crippen LogP contribution in [0.2, 0.25) is 0 Å². The Morgan fingerprint density at radius 1 is 1.35 bits per heavy atom. The van der Waals surface area contributed by atoms with E-state index in [-0.39, 0.29) is 24.2 Å². The lowest BCUT2D eigenvalue weighted by atomic mass is 9.92. The van der Waals surface area contributed by atoms with Crippen molar-refractivity contribution in [3.05, 3.63) is 29.3 Å². The summed E-state index contributed by atoms with van der Waals surface area (Å²) in [6.07, 6.45) is 0.845. The lowest BCUT2D eigenvalue weighted by Crippen LogP contribution is -2.35. The molecule has 1 aromatic rings. The van der Waals surface area contributed by atoms with E-state index in [0.29, 0.717) is 6.54 Å². The fraction of sp³-hybridized carbons (Fsp3) is 0.385. The number of carbonyl (C=O) groups is 2. The molecule has 4 nitrogen and oxygen atoms in total. The highest BCUT2D eigenvalue weighted by molar-refractivity contribution is 6.08. The van der Waals surface area contributed by atoms with Crippen LogP contribution in [0.15, 0.2) is 18.2 Å². The van der Waals surface area contributed by atoms with Gasteiger partial charge < -0.3 is 9.64 Å². The number of ether oxygens (including phenoxy) is 1. The maximum absolute atomic E-state index is 11.8. The summed E-state index contributed by atoms with van der Waals surface area (Å²) in [5.41, 5.74) is 2.08. The standard InChI is InChI=1S/C13H13NO3/c1-17-9-2-3-10-8(6-9)4-5-14-12(16)7-11(15)13(10)14/h2-3,6,13H,4-5,7H2,1H3. The smallest absolute Gasteiger partial charge is 0.231 e. The van der Waals surface area contributed by atoms with Gasteiger partial charge in [0.25, 0.3) is 0 Å². The first-order valence-corrected chi connectivity index (χ1v) is 5.69. The number of hydrogen-bond acceptors (Lipinski definition) is 3. The fourth-order valence-corrected chi connectivity index (χ4v) is 2.69. The van der Waals surface area contributed by atoms with E-state index < -0.39 is 0 Å². The molecule has 1 saturated heterocycles. The van der Waals surface area contributed by atoms with Gasteiger partial charge in [0.2, 0.25) is 5.91 Å². The number of carbonyl (C=O) groups excluding carboxylic acids is 2. The molecule has 88 valence electrons. The number of hydrogen-bond donors (Lipinski definition) is 0. The predicted octanol–water partition coefficient (Wildman–Crippen LogP) is 1.09. The average Bonchev–Trinajstić information content (AvgIpc) is 2.64. The number of amides is 1. The molecule has 2 aliphatic heterocycles. The van der Waals surface area contributed by atoms with Crippen molar-refractivity contribution < 1.29 is 14.3 Å². The maximum Gasteiger partial charge on any atom is 0.231 e. The second kappa shape index (κ2) is 3.58. The van der Waals surface area contributed by atoms with Gasteiger partial charge in [0, 0.05) is 6.54 Å². The minimum Gasteiger partial charge on any atom is -0.497 e. The third-order valence-corrected chi connectivity index (χ3v) is 3.53. The van der Waals surface area contributed by atoms with Crippen LogP contribution in [0, 0.1) is 0 Å². The number of ketones is 1. The first-order valence-electron chi connectivity index (χ1n) is 5.69. The van der Waals surface area contributed by atoms with Gasteiger partial charge in [-0.3, -0.25) is 9.59 Å². The van der Waals surface area contributed by atoms with Gasteiger partial charge in [-0.05, 0) is 29.7 Å². The zero-order valence-electron chi connectivity index (χ0n) is 9.60. The maximum atomic E-state index is 11.8. The average molecular weight is 231 g/mol. The fourth-order valence-electron chi connectivity index (χ4n) is 2.69. The van der Waals surface area contributed by atoms with Crippen molar-refractivity contribution in [1.29, 1.82) is 0 Å². The summed E-state index contributed by atoms with van der Waals surface area (Å²) in [6, 6.07) is 5.36. The van der Waals surface area contributed by atoms with E-state index in [9.17, 15) is 9.59 Å². The highest BCUT2D eigenvalue weighted by atomic mass is 16.5. The van der Waals surface area contributed by atoms with Gasteiger partial charge in [-0.2, -0.15) is 0 Å². The van der Waals surface area contributed by atoms with E-state index in [1.165, 1.54) is 0 Å². The van der Waals surface area contributed by atoms with Crippen LogP contribution in [0.1, 0.15) is 23.6 Å². The molecule has 0 aliphatic carbocycles. The first-order chi connectivity index (χ1) is 8.20. The van der Waals surface area contributed by atoms with Crippen molar-refractivity contribution in [2.24, 2.45) is 0 Å². The molecule has 0 aromatic heterocycles. The second-order valence-electron chi connectivity index (χ2n) is 4.45. The molecule has 1 aromatic carbocycles. The molecule has 0 radical (unpaired) electrons. The molecule has 0 N–H and O–H groups in total. The highest BCUT2D eigenvalue weighted by Crippen LogP contribution is 2.37. The van der Waals surface area contributed by atoms with Crippen LogP contribution >= 0.6 is 0 Å². The molecular formula is C13H13NO3. The molecule has 2 aliphatic rings. The Balaban J connectivity index is 2.07. The monoisotopic (exact) mass is 231 g/mol. The van der Waals surface area contributed by atoms with Crippen molar-refractivity contribution in [3.63, 3.8) is 0 Å². The van der Waals surface area contributed by atoms with Crippen molar-refractivity contribution in [3.8, 4) is 5.75 Å². The van der Waals surface area contributed by atoms with E-state index in [1.54, 1.807) is 12.0 Å². The number of benzene rings is 1. The Bertz CT molecular complexity index is 509. The van der Waals surface area contributed by atoms with Crippen LogP contribution in [0.4, 0.5) is 0 Å². The zero-order chi connectivity index (χ0) is 12.0. The third kappa shape index (κ3) is 1.44. The minimum atomic E-state index is -0.350. The van der Waals surface area contributed by atoms with E-state index in [4.69, 9.17) is 4.74 Å². The molecule has 1 atom stereocenters. The molecule has 0 bridgehead atoms. The molecule has 1 fully saturated rings. The first kappa shape index (κ1) is 10.3. The zero-order valence-corrected chi connectivity index (χ0v) is 9.60. The largest absolute Gasteiger partial charge is 0.497 e. The number of Topliss-reactive ketones (excluding diaryl/α,β-unsaturated/α-hetero) is 1. The topological polar surface area (TPSA) is 46.6 Å². The van der Waals surface area contributed by atoms with Gasteiger partial charge in [-0.1, -0.05) is 6.07 Å². The summed E-state index contributed by atoms with van der Waals surface area (Å²) in [6.45, 7) is 0.634. The van der Waals surface area contributed by atoms with Crippen LogP contribution in [0.3, 0.4) is 0 Å².